The first-order valence-corrected chi connectivity index (χ1v) is 10.5. The van der Waals surface area contributed by atoms with Gasteiger partial charge in [0.2, 0.25) is 5.75 Å². The van der Waals surface area contributed by atoms with E-state index in [1.807, 2.05) is 30.3 Å². The Bertz CT molecular complexity index is 1220. The van der Waals surface area contributed by atoms with Crippen LogP contribution in [-0.4, -0.2) is 48.0 Å². The number of likely N-dealkylation sites (tertiary alicyclic amines) is 1. The van der Waals surface area contributed by atoms with Crippen molar-refractivity contribution in [3.63, 3.8) is 0 Å². The Balaban J connectivity index is 1.94. The van der Waals surface area contributed by atoms with Crippen molar-refractivity contribution < 1.29 is 28.9 Å². The summed E-state index contributed by atoms with van der Waals surface area (Å²) in [5.41, 5.74) is 1.72. The number of aliphatic hydroxyl groups excluding tert-OH is 1. The molecule has 0 aliphatic carbocycles. The van der Waals surface area contributed by atoms with Crippen LogP contribution in [0.1, 0.15) is 22.7 Å². The monoisotopic (exact) mass is 460 g/mol. The topological polar surface area (TPSA) is 98.2 Å². The molecule has 0 saturated carbocycles. The summed E-state index contributed by atoms with van der Waals surface area (Å²) in [6.45, 7) is 0.167. The molecule has 34 heavy (non-hydrogen) atoms. The maximum absolute atomic E-state index is 13.2. The second-order valence-corrected chi connectivity index (χ2v) is 7.61. The summed E-state index contributed by atoms with van der Waals surface area (Å²) in [7, 11) is 4.46. The number of carbonyl (C=O) groups is 2. The molecule has 1 N–H and O–H groups in total. The first-order chi connectivity index (χ1) is 16.5. The number of hydrogen-bond acceptors (Lipinski definition) is 7. The lowest BCUT2D eigenvalue weighted by molar-refractivity contribution is -0.140. The van der Waals surface area contributed by atoms with E-state index in [-0.39, 0.29) is 17.9 Å². The van der Waals surface area contributed by atoms with E-state index in [1.54, 1.807) is 24.3 Å². The lowest BCUT2D eigenvalue weighted by atomic mass is 9.94. The van der Waals surface area contributed by atoms with Crippen molar-refractivity contribution in [2.75, 3.05) is 21.3 Å². The molecule has 1 fully saturated rings. The lowest BCUT2D eigenvalue weighted by Crippen LogP contribution is -2.29. The minimum absolute atomic E-state index is 0.0265. The molecule has 1 aromatic heterocycles. The zero-order valence-electron chi connectivity index (χ0n) is 19.0. The van der Waals surface area contributed by atoms with Crippen molar-refractivity contribution in [3.05, 3.63) is 89.3 Å². The Morgan fingerprint density at radius 1 is 0.941 bits per heavy atom. The number of ether oxygens (including phenoxy) is 3. The van der Waals surface area contributed by atoms with Crippen LogP contribution < -0.4 is 14.2 Å². The smallest absolute Gasteiger partial charge is 0.295 e. The molecule has 1 unspecified atom stereocenters. The van der Waals surface area contributed by atoms with Crippen molar-refractivity contribution in [1.82, 2.24) is 9.88 Å². The second kappa shape index (κ2) is 9.66. The molecular formula is C26H24N2O6. The van der Waals surface area contributed by atoms with Crippen LogP contribution >= 0.6 is 0 Å². The van der Waals surface area contributed by atoms with Gasteiger partial charge in [0.05, 0.1) is 32.9 Å². The van der Waals surface area contributed by atoms with E-state index >= 15 is 0 Å². The summed E-state index contributed by atoms with van der Waals surface area (Å²) in [6, 6.07) is 14.9. The van der Waals surface area contributed by atoms with Gasteiger partial charge in [-0.15, -0.1) is 0 Å². The summed E-state index contributed by atoms with van der Waals surface area (Å²) in [5, 5.41) is 11.1. The number of hydrogen-bond donors (Lipinski definition) is 1. The third kappa shape index (κ3) is 4.05. The van der Waals surface area contributed by atoms with Crippen LogP contribution in [0, 0.1) is 0 Å². The quantitative estimate of drug-likeness (QED) is 0.326. The van der Waals surface area contributed by atoms with Gasteiger partial charge in [0.25, 0.3) is 11.7 Å². The van der Waals surface area contributed by atoms with Gasteiger partial charge in [-0.25, -0.2) is 0 Å². The van der Waals surface area contributed by atoms with E-state index in [0.29, 0.717) is 28.4 Å². The van der Waals surface area contributed by atoms with Crippen LogP contribution in [0.15, 0.2) is 72.6 Å². The summed E-state index contributed by atoms with van der Waals surface area (Å²) in [4.78, 5) is 31.8. The first-order valence-electron chi connectivity index (χ1n) is 10.5. The van der Waals surface area contributed by atoms with Crippen molar-refractivity contribution in [2.45, 2.75) is 12.6 Å². The average molecular weight is 460 g/mol. The normalized spacial score (nSPS) is 17.0. The molecule has 0 radical (unpaired) electrons. The number of amides is 1. The fourth-order valence-corrected chi connectivity index (χ4v) is 4.09. The molecule has 2 heterocycles. The number of methoxy groups -OCH3 is 3. The molecule has 4 rings (SSSR count). The molecule has 8 heteroatoms. The molecule has 0 spiro atoms. The van der Waals surface area contributed by atoms with Gasteiger partial charge in [-0.05, 0) is 35.4 Å². The third-order valence-electron chi connectivity index (χ3n) is 5.69. The van der Waals surface area contributed by atoms with E-state index in [2.05, 4.69) is 4.98 Å². The predicted octanol–water partition coefficient (Wildman–Crippen LogP) is 3.73. The fraction of sp³-hybridized carbons (Fsp3) is 0.192. The Morgan fingerprint density at radius 3 is 2.12 bits per heavy atom. The van der Waals surface area contributed by atoms with Crippen molar-refractivity contribution >= 4 is 17.4 Å². The number of nitrogens with zero attached hydrogens (tertiary/aromatic N) is 2. The summed E-state index contributed by atoms with van der Waals surface area (Å²) >= 11 is 0. The van der Waals surface area contributed by atoms with E-state index in [9.17, 15) is 14.7 Å². The number of aliphatic hydroxyl groups is 1. The maximum atomic E-state index is 13.2. The number of ketones is 1. The minimum Gasteiger partial charge on any atom is -0.507 e. The number of carbonyl (C=O) groups excluding carboxylic acids is 2. The highest BCUT2D eigenvalue weighted by molar-refractivity contribution is 6.46. The maximum Gasteiger partial charge on any atom is 0.295 e. The van der Waals surface area contributed by atoms with Gasteiger partial charge in [-0.3, -0.25) is 14.6 Å². The van der Waals surface area contributed by atoms with Crippen LogP contribution in [-0.2, 0) is 16.1 Å². The number of pyridine rings is 1. The highest BCUT2D eigenvalue weighted by Gasteiger charge is 2.46. The Morgan fingerprint density at radius 2 is 1.56 bits per heavy atom. The molecule has 2 aromatic carbocycles. The standard InChI is InChI=1S/C26H24N2O6/c1-32-19-13-18(14-20(33-2)25(19)34-3)22-21(23(29)17-9-11-27-12-10-17)24(30)26(31)28(22)15-16-7-5-4-6-8-16/h4-14,22,29H,15H2,1-3H3. The number of aromatic nitrogens is 1. The fourth-order valence-electron chi connectivity index (χ4n) is 4.09. The Kier molecular flexibility index (Phi) is 6.49. The first kappa shape index (κ1) is 22.8. The average Bonchev–Trinajstić information content (AvgIpc) is 3.13. The highest BCUT2D eigenvalue weighted by Crippen LogP contribution is 2.46. The number of rotatable bonds is 7. The highest BCUT2D eigenvalue weighted by atomic mass is 16.5. The summed E-state index contributed by atoms with van der Waals surface area (Å²) in [6.07, 6.45) is 3.01. The van der Waals surface area contributed by atoms with E-state index in [0.717, 1.165) is 5.56 Å². The molecule has 1 aliphatic heterocycles. The van der Waals surface area contributed by atoms with Gasteiger partial charge >= 0.3 is 0 Å². The molecule has 1 saturated heterocycles. The van der Waals surface area contributed by atoms with Crippen LogP contribution in [0.25, 0.3) is 5.76 Å². The van der Waals surface area contributed by atoms with Crippen molar-refractivity contribution in [3.8, 4) is 17.2 Å². The molecule has 1 aliphatic rings. The predicted molar refractivity (Wildman–Crippen MR) is 125 cm³/mol. The summed E-state index contributed by atoms with van der Waals surface area (Å²) < 4.78 is 16.4. The number of benzene rings is 2. The summed E-state index contributed by atoms with van der Waals surface area (Å²) in [5.74, 6) is -0.655. The second-order valence-electron chi connectivity index (χ2n) is 7.61. The largest absolute Gasteiger partial charge is 0.507 e. The number of Topliss-reactive ketones (excluding diaryl/α,β-unsaturated/α-hetero) is 1. The van der Waals surface area contributed by atoms with E-state index in [1.165, 1.54) is 38.6 Å². The van der Waals surface area contributed by atoms with Crippen LogP contribution in [0.5, 0.6) is 17.2 Å². The molecule has 174 valence electrons. The molecule has 1 amide bonds. The van der Waals surface area contributed by atoms with Crippen molar-refractivity contribution in [1.29, 1.82) is 0 Å². The minimum atomic E-state index is -0.887. The molecule has 0 bridgehead atoms. The van der Waals surface area contributed by atoms with Gasteiger partial charge in [0, 0.05) is 24.5 Å². The van der Waals surface area contributed by atoms with Gasteiger partial charge in [-0.2, -0.15) is 0 Å². The van der Waals surface area contributed by atoms with Crippen LogP contribution in [0.3, 0.4) is 0 Å². The Labute approximate surface area is 197 Å². The van der Waals surface area contributed by atoms with Crippen molar-refractivity contribution in [2.24, 2.45) is 0 Å². The van der Waals surface area contributed by atoms with Gasteiger partial charge in [0.15, 0.2) is 11.5 Å². The van der Waals surface area contributed by atoms with Gasteiger partial charge < -0.3 is 24.2 Å². The van der Waals surface area contributed by atoms with Crippen LogP contribution in [0.4, 0.5) is 0 Å². The lowest BCUT2D eigenvalue weighted by Gasteiger charge is -2.26. The zero-order chi connectivity index (χ0) is 24.2. The van der Waals surface area contributed by atoms with Crippen LogP contribution in [0.2, 0.25) is 0 Å². The molecule has 1 atom stereocenters. The molecular weight excluding hydrogens is 436 g/mol. The third-order valence-corrected chi connectivity index (χ3v) is 5.69. The van der Waals surface area contributed by atoms with Gasteiger partial charge in [-0.1, -0.05) is 30.3 Å². The van der Waals surface area contributed by atoms with E-state index in [4.69, 9.17) is 14.2 Å². The molecule has 8 nitrogen and oxygen atoms in total. The molecule has 3 aromatic rings. The van der Waals surface area contributed by atoms with E-state index < -0.39 is 17.7 Å². The Hall–Kier alpha value is -4.33. The van der Waals surface area contributed by atoms with Gasteiger partial charge in [0.1, 0.15) is 5.76 Å². The SMILES string of the molecule is COc1cc(C2C(=C(O)c3ccncc3)C(=O)C(=O)N2Cc2ccccc2)cc(OC)c1OC. The zero-order valence-corrected chi connectivity index (χ0v) is 19.0.